The maximum Gasteiger partial charge on any atom is 0.241 e. The summed E-state index contributed by atoms with van der Waals surface area (Å²) >= 11 is 0. The number of fused-ring (bicyclic) bond motifs is 2. The molecule has 2 N–H and O–H groups in total. The van der Waals surface area contributed by atoms with Crippen LogP contribution in [0, 0.1) is 23.1 Å². The summed E-state index contributed by atoms with van der Waals surface area (Å²) in [5, 5.41) is 9.24. The van der Waals surface area contributed by atoms with Crippen LogP contribution in [0.1, 0.15) is 44.7 Å². The Labute approximate surface area is 182 Å². The van der Waals surface area contributed by atoms with Gasteiger partial charge in [0.25, 0.3) is 0 Å². The minimum Gasteiger partial charge on any atom is -0.330 e. The normalized spacial score (nSPS) is 27.7. The predicted molar refractivity (Wildman–Crippen MR) is 113 cm³/mol. The number of amides is 2. The van der Waals surface area contributed by atoms with E-state index in [0.29, 0.717) is 32.5 Å². The van der Waals surface area contributed by atoms with Gasteiger partial charge in [0.05, 0.1) is 24.2 Å². The fraction of sp³-hybridized carbons (Fsp3) is 0.609. The Kier molecular flexibility index (Phi) is 6.00. The molecule has 3 fully saturated rings. The summed E-state index contributed by atoms with van der Waals surface area (Å²) < 4.78 is 13.4. The Morgan fingerprint density at radius 1 is 1.32 bits per heavy atom. The van der Waals surface area contributed by atoms with E-state index in [2.05, 4.69) is 19.9 Å². The molecule has 3 saturated heterocycles. The number of carbonyl (C=O) groups excluding carboxylic acids is 2. The summed E-state index contributed by atoms with van der Waals surface area (Å²) in [6, 6.07) is 7.09. The minimum absolute atomic E-state index is 0.0509. The maximum atomic E-state index is 13.4. The fourth-order valence-corrected chi connectivity index (χ4v) is 5.49. The molecule has 7 nitrogen and oxygen atoms in total. The Bertz CT molecular complexity index is 883. The van der Waals surface area contributed by atoms with E-state index < -0.39 is 12.1 Å². The second-order valence-corrected chi connectivity index (χ2v) is 9.27. The van der Waals surface area contributed by atoms with Crippen LogP contribution in [0.2, 0.25) is 0 Å². The lowest BCUT2D eigenvalue weighted by Crippen LogP contribution is -2.57. The molecule has 3 heterocycles. The third-order valence-corrected chi connectivity index (χ3v) is 6.89. The van der Waals surface area contributed by atoms with Crippen LogP contribution < -0.4 is 5.73 Å². The van der Waals surface area contributed by atoms with Crippen molar-refractivity contribution >= 4 is 11.8 Å². The van der Waals surface area contributed by atoms with Crippen LogP contribution in [-0.4, -0.2) is 70.3 Å². The fourth-order valence-electron chi connectivity index (χ4n) is 5.49. The third-order valence-electron chi connectivity index (χ3n) is 6.89. The lowest BCUT2D eigenvalue weighted by Gasteiger charge is -2.41. The van der Waals surface area contributed by atoms with Crippen molar-refractivity contribution in [2.24, 2.45) is 11.7 Å². The van der Waals surface area contributed by atoms with Crippen molar-refractivity contribution in [2.75, 3.05) is 19.6 Å². The first-order valence-electron chi connectivity index (χ1n) is 11.1. The molecule has 4 rings (SSSR count). The second-order valence-electron chi connectivity index (χ2n) is 9.27. The number of rotatable bonds is 6. The summed E-state index contributed by atoms with van der Waals surface area (Å²) in [7, 11) is 0. The van der Waals surface area contributed by atoms with E-state index in [0.717, 1.165) is 12.0 Å². The highest BCUT2D eigenvalue weighted by Crippen LogP contribution is 2.41. The zero-order valence-corrected chi connectivity index (χ0v) is 18.1. The first-order valence-corrected chi connectivity index (χ1v) is 11.1. The van der Waals surface area contributed by atoms with Crippen LogP contribution in [-0.2, 0) is 9.59 Å². The molecule has 31 heavy (non-hydrogen) atoms. The van der Waals surface area contributed by atoms with E-state index in [1.165, 1.54) is 12.1 Å². The zero-order chi connectivity index (χ0) is 22.3. The Balaban J connectivity index is 1.44. The molecule has 0 radical (unpaired) electrons. The number of carbonyl (C=O) groups is 2. The van der Waals surface area contributed by atoms with Crippen LogP contribution >= 0.6 is 0 Å². The van der Waals surface area contributed by atoms with Gasteiger partial charge in [0, 0.05) is 25.7 Å². The highest BCUT2D eigenvalue weighted by atomic mass is 19.1. The number of likely N-dealkylation sites (tertiary alicyclic amines) is 3. The lowest BCUT2D eigenvalue weighted by atomic mass is 9.93. The molecule has 0 aliphatic carbocycles. The van der Waals surface area contributed by atoms with Crippen molar-refractivity contribution in [1.82, 2.24) is 14.7 Å². The van der Waals surface area contributed by atoms with Crippen molar-refractivity contribution in [2.45, 2.75) is 63.3 Å². The Hall–Kier alpha value is -2.50. The molecule has 2 amide bonds. The number of hydrogen-bond donors (Lipinski definition) is 1. The van der Waals surface area contributed by atoms with Gasteiger partial charge in [0.15, 0.2) is 0 Å². The Morgan fingerprint density at radius 3 is 2.65 bits per heavy atom. The Morgan fingerprint density at radius 2 is 2.03 bits per heavy atom. The van der Waals surface area contributed by atoms with Crippen LogP contribution in [0.3, 0.4) is 0 Å². The van der Waals surface area contributed by atoms with Gasteiger partial charge in [-0.25, -0.2) is 4.39 Å². The molecular weight excluding hydrogens is 397 g/mol. The molecule has 166 valence electrons. The van der Waals surface area contributed by atoms with Crippen molar-refractivity contribution in [3.05, 3.63) is 35.6 Å². The van der Waals surface area contributed by atoms with Crippen LogP contribution in [0.4, 0.5) is 4.39 Å². The maximum absolute atomic E-state index is 13.4. The number of halogens is 1. The number of nitrogens with zero attached hydrogens (tertiary/aromatic N) is 4. The SMILES string of the molecule is CC(C)[C@H](c1ccc(F)cc1)N1C(=O)[C@H]2C[C@@H]1CN2C[C@H](N)C(=O)N1CCC[C@H]1C#N. The quantitative estimate of drug-likeness (QED) is 0.745. The molecule has 0 aromatic heterocycles. The van der Waals surface area contributed by atoms with E-state index in [1.54, 1.807) is 17.0 Å². The average molecular weight is 428 g/mol. The van der Waals surface area contributed by atoms with Gasteiger partial charge >= 0.3 is 0 Å². The molecule has 1 aromatic rings. The summed E-state index contributed by atoms with van der Waals surface area (Å²) in [5.74, 6) is -0.261. The van der Waals surface area contributed by atoms with Crippen LogP contribution in [0.15, 0.2) is 24.3 Å². The summed E-state index contributed by atoms with van der Waals surface area (Å²) in [4.78, 5) is 31.6. The summed E-state index contributed by atoms with van der Waals surface area (Å²) in [6.07, 6.45) is 2.23. The molecule has 3 aliphatic rings. The monoisotopic (exact) mass is 427 g/mol. The molecule has 3 aliphatic heterocycles. The van der Waals surface area contributed by atoms with Gasteiger partial charge in [0.2, 0.25) is 11.8 Å². The van der Waals surface area contributed by atoms with Crippen LogP contribution in [0.5, 0.6) is 0 Å². The zero-order valence-electron chi connectivity index (χ0n) is 18.1. The molecule has 5 atom stereocenters. The smallest absolute Gasteiger partial charge is 0.241 e. The lowest BCUT2D eigenvalue weighted by molar-refractivity contribution is -0.142. The molecule has 8 heteroatoms. The third kappa shape index (κ3) is 3.92. The van der Waals surface area contributed by atoms with Crippen molar-refractivity contribution in [3.8, 4) is 6.07 Å². The van der Waals surface area contributed by atoms with E-state index >= 15 is 0 Å². The van der Waals surface area contributed by atoms with Crippen molar-refractivity contribution in [1.29, 1.82) is 5.26 Å². The van der Waals surface area contributed by atoms with Gasteiger partial charge in [0.1, 0.15) is 11.9 Å². The summed E-state index contributed by atoms with van der Waals surface area (Å²) in [5.41, 5.74) is 7.15. The molecule has 0 spiro atoms. The first kappa shape index (κ1) is 21.7. The first-order chi connectivity index (χ1) is 14.8. The van der Waals surface area contributed by atoms with Gasteiger partial charge in [-0.05, 0) is 42.9 Å². The number of hydrogen-bond acceptors (Lipinski definition) is 5. The minimum atomic E-state index is -0.743. The van der Waals surface area contributed by atoms with Gasteiger partial charge in [-0.2, -0.15) is 5.26 Å². The molecule has 1 aromatic carbocycles. The summed E-state index contributed by atoms with van der Waals surface area (Å²) in [6.45, 7) is 5.69. The highest BCUT2D eigenvalue weighted by Gasteiger charge is 2.52. The van der Waals surface area contributed by atoms with Gasteiger partial charge in [-0.1, -0.05) is 26.0 Å². The largest absolute Gasteiger partial charge is 0.330 e. The standard InChI is InChI=1S/C23H30FN5O2/c1-14(2)21(15-5-7-16(24)8-6-15)29-18-10-20(23(29)31)27(12-18)13-19(26)22(30)28-9-3-4-17(28)11-25/h5-8,14,17-21H,3-4,9-10,12-13,26H2,1-2H3/t17-,18+,19-,20+,21+/m0/s1. The molecular formula is C23H30FN5O2. The number of benzene rings is 1. The topological polar surface area (TPSA) is 93.7 Å². The number of nitriles is 1. The van der Waals surface area contributed by atoms with E-state index in [9.17, 15) is 19.2 Å². The van der Waals surface area contributed by atoms with E-state index in [-0.39, 0.29) is 41.7 Å². The average Bonchev–Trinajstić information content (AvgIpc) is 3.44. The number of nitrogens with two attached hydrogens (primary N) is 1. The molecule has 0 saturated carbocycles. The van der Waals surface area contributed by atoms with E-state index in [1.807, 2.05) is 9.80 Å². The molecule has 0 unspecified atom stereocenters. The predicted octanol–water partition coefficient (Wildman–Crippen LogP) is 1.65. The van der Waals surface area contributed by atoms with Gasteiger partial charge in [-0.15, -0.1) is 0 Å². The molecule has 2 bridgehead atoms. The van der Waals surface area contributed by atoms with Gasteiger partial charge < -0.3 is 15.5 Å². The van der Waals surface area contributed by atoms with Crippen LogP contribution in [0.25, 0.3) is 0 Å². The second kappa shape index (κ2) is 8.56. The van der Waals surface area contributed by atoms with E-state index in [4.69, 9.17) is 5.73 Å². The van der Waals surface area contributed by atoms with Crippen molar-refractivity contribution in [3.63, 3.8) is 0 Å². The number of piperazine rings is 1. The van der Waals surface area contributed by atoms with Gasteiger partial charge in [-0.3, -0.25) is 14.5 Å². The van der Waals surface area contributed by atoms with Crippen molar-refractivity contribution < 1.29 is 14.0 Å². The highest BCUT2D eigenvalue weighted by molar-refractivity contribution is 5.87.